The Morgan fingerprint density at radius 2 is 1.96 bits per heavy atom. The van der Waals surface area contributed by atoms with Gasteiger partial charge in [0.25, 0.3) is 0 Å². The van der Waals surface area contributed by atoms with Crippen molar-refractivity contribution in [2.45, 2.75) is 38.3 Å². The van der Waals surface area contributed by atoms with Crippen molar-refractivity contribution in [2.75, 3.05) is 13.1 Å². The summed E-state index contributed by atoms with van der Waals surface area (Å²) in [6.07, 6.45) is 7.31. The highest BCUT2D eigenvalue weighted by atomic mass is 16.2. The molecule has 0 radical (unpaired) electrons. The van der Waals surface area contributed by atoms with E-state index in [1.54, 1.807) is 6.20 Å². The topological polar surface area (TPSA) is 45.2 Å². The Morgan fingerprint density at radius 3 is 2.75 bits per heavy atom. The summed E-state index contributed by atoms with van der Waals surface area (Å²) in [4.78, 5) is 18.4. The van der Waals surface area contributed by atoms with Crippen LogP contribution in [-0.4, -0.2) is 34.9 Å². The van der Waals surface area contributed by atoms with Crippen LogP contribution in [0.2, 0.25) is 0 Å². The van der Waals surface area contributed by atoms with Crippen LogP contribution in [0, 0.1) is 0 Å². The van der Waals surface area contributed by atoms with E-state index in [0.717, 1.165) is 38.9 Å². The number of nitrogens with zero attached hydrogens (tertiary/aromatic N) is 2. The molecule has 1 N–H and O–H groups in total. The lowest BCUT2D eigenvalue weighted by atomic mass is 10.1. The largest absolute Gasteiger partial charge is 0.339 e. The van der Waals surface area contributed by atoms with E-state index in [0.29, 0.717) is 18.4 Å². The minimum Gasteiger partial charge on any atom is -0.339 e. The van der Waals surface area contributed by atoms with E-state index in [-0.39, 0.29) is 0 Å². The second kappa shape index (κ2) is 8.60. The summed E-state index contributed by atoms with van der Waals surface area (Å²) in [7, 11) is 0. The molecule has 24 heavy (non-hydrogen) atoms. The van der Waals surface area contributed by atoms with E-state index >= 15 is 0 Å². The molecule has 2 heterocycles. The second-order valence-electron chi connectivity index (χ2n) is 6.34. The Balaban J connectivity index is 1.43. The lowest BCUT2D eigenvalue weighted by molar-refractivity contribution is -0.129. The molecule has 1 aliphatic heterocycles. The Labute approximate surface area is 143 Å². The van der Waals surface area contributed by atoms with Crippen LogP contribution in [0.15, 0.2) is 54.9 Å². The van der Waals surface area contributed by atoms with E-state index in [4.69, 9.17) is 0 Å². The van der Waals surface area contributed by atoms with Crippen LogP contribution in [0.25, 0.3) is 0 Å². The van der Waals surface area contributed by atoms with Crippen molar-refractivity contribution in [1.82, 2.24) is 15.2 Å². The van der Waals surface area contributed by atoms with E-state index < -0.39 is 0 Å². The maximum atomic E-state index is 12.2. The third-order valence-electron chi connectivity index (χ3n) is 4.64. The Hall–Kier alpha value is -2.20. The van der Waals surface area contributed by atoms with Gasteiger partial charge < -0.3 is 10.2 Å². The first-order chi connectivity index (χ1) is 11.8. The highest BCUT2D eigenvalue weighted by Gasteiger charge is 2.29. The number of aromatic nitrogens is 1. The molecular weight excluding hydrogens is 298 g/mol. The first-order valence-electron chi connectivity index (χ1n) is 8.76. The number of hydrogen-bond donors (Lipinski definition) is 1. The molecule has 0 spiro atoms. The zero-order valence-corrected chi connectivity index (χ0v) is 14.0. The molecule has 4 heteroatoms. The molecule has 1 amide bonds. The summed E-state index contributed by atoms with van der Waals surface area (Å²) < 4.78 is 0. The predicted molar refractivity (Wildman–Crippen MR) is 95.4 cm³/mol. The van der Waals surface area contributed by atoms with Crippen LogP contribution in [0.3, 0.4) is 0 Å². The smallest absolute Gasteiger partial charge is 0.222 e. The van der Waals surface area contributed by atoms with Crippen LogP contribution in [0.5, 0.6) is 0 Å². The molecule has 1 atom stereocenters. The van der Waals surface area contributed by atoms with E-state index in [2.05, 4.69) is 45.5 Å². The Bertz CT molecular complexity index is 630. The van der Waals surface area contributed by atoms with Crippen LogP contribution >= 0.6 is 0 Å². The van der Waals surface area contributed by atoms with Gasteiger partial charge in [-0.2, -0.15) is 0 Å². The molecule has 1 aromatic carbocycles. The third-order valence-corrected chi connectivity index (χ3v) is 4.64. The maximum absolute atomic E-state index is 12.2. The van der Waals surface area contributed by atoms with Crippen molar-refractivity contribution in [1.29, 1.82) is 0 Å². The number of amides is 1. The van der Waals surface area contributed by atoms with Gasteiger partial charge in [0.2, 0.25) is 5.91 Å². The SMILES string of the molecule is O=C1CCC(CCNCc2cccnc2)N1CCc1ccccc1. The highest BCUT2D eigenvalue weighted by Crippen LogP contribution is 2.21. The summed E-state index contributed by atoms with van der Waals surface area (Å²) in [6, 6.07) is 14.8. The van der Waals surface area contributed by atoms with Gasteiger partial charge in [0.1, 0.15) is 0 Å². The first-order valence-corrected chi connectivity index (χ1v) is 8.76. The van der Waals surface area contributed by atoms with Gasteiger partial charge in [0, 0.05) is 37.9 Å². The van der Waals surface area contributed by atoms with Crippen LogP contribution in [0.4, 0.5) is 0 Å². The van der Waals surface area contributed by atoms with Crippen molar-refractivity contribution < 1.29 is 4.79 Å². The molecule has 1 unspecified atom stereocenters. The number of carbonyl (C=O) groups is 1. The minimum absolute atomic E-state index is 0.309. The molecule has 1 aliphatic rings. The van der Waals surface area contributed by atoms with Crippen LogP contribution < -0.4 is 5.32 Å². The van der Waals surface area contributed by atoms with Crippen molar-refractivity contribution in [2.24, 2.45) is 0 Å². The summed E-state index contributed by atoms with van der Waals surface area (Å²) >= 11 is 0. The minimum atomic E-state index is 0.309. The van der Waals surface area contributed by atoms with Gasteiger partial charge in [-0.25, -0.2) is 0 Å². The fourth-order valence-corrected chi connectivity index (χ4v) is 3.30. The monoisotopic (exact) mass is 323 g/mol. The molecule has 1 fully saturated rings. The lowest BCUT2D eigenvalue weighted by Gasteiger charge is -2.25. The molecule has 3 rings (SSSR count). The average molecular weight is 323 g/mol. The molecule has 2 aromatic rings. The lowest BCUT2D eigenvalue weighted by Crippen LogP contribution is -2.36. The number of benzene rings is 1. The number of carbonyl (C=O) groups excluding carboxylic acids is 1. The predicted octanol–water partition coefficient (Wildman–Crippen LogP) is 2.80. The molecular formula is C20H25N3O. The molecule has 126 valence electrons. The third kappa shape index (κ3) is 4.65. The maximum Gasteiger partial charge on any atom is 0.222 e. The molecule has 1 saturated heterocycles. The van der Waals surface area contributed by atoms with Crippen molar-refractivity contribution in [3.8, 4) is 0 Å². The number of rotatable bonds is 8. The van der Waals surface area contributed by atoms with Crippen LogP contribution in [0.1, 0.15) is 30.4 Å². The molecule has 1 aromatic heterocycles. The number of likely N-dealkylation sites (tertiary alicyclic amines) is 1. The summed E-state index contributed by atoms with van der Waals surface area (Å²) in [5.41, 5.74) is 2.49. The van der Waals surface area contributed by atoms with Gasteiger partial charge in [-0.1, -0.05) is 36.4 Å². The molecule has 0 bridgehead atoms. The first kappa shape index (κ1) is 16.7. The summed E-state index contributed by atoms with van der Waals surface area (Å²) in [6.45, 7) is 2.59. The summed E-state index contributed by atoms with van der Waals surface area (Å²) in [5.74, 6) is 0.309. The van der Waals surface area contributed by atoms with E-state index in [9.17, 15) is 4.79 Å². The number of nitrogens with one attached hydrogen (secondary N) is 1. The Morgan fingerprint density at radius 1 is 1.12 bits per heavy atom. The van der Waals surface area contributed by atoms with Gasteiger partial charge in [-0.3, -0.25) is 9.78 Å². The molecule has 0 aliphatic carbocycles. The van der Waals surface area contributed by atoms with Crippen molar-refractivity contribution in [3.63, 3.8) is 0 Å². The van der Waals surface area contributed by atoms with Gasteiger partial charge in [0.15, 0.2) is 0 Å². The average Bonchev–Trinajstić information content (AvgIpc) is 2.98. The van der Waals surface area contributed by atoms with E-state index in [1.807, 2.05) is 18.3 Å². The second-order valence-corrected chi connectivity index (χ2v) is 6.34. The zero-order chi connectivity index (χ0) is 16.6. The van der Waals surface area contributed by atoms with Crippen LogP contribution in [-0.2, 0) is 17.8 Å². The van der Waals surface area contributed by atoms with Gasteiger partial charge in [0.05, 0.1) is 0 Å². The van der Waals surface area contributed by atoms with Crippen molar-refractivity contribution in [3.05, 3.63) is 66.0 Å². The van der Waals surface area contributed by atoms with Gasteiger partial charge in [-0.15, -0.1) is 0 Å². The number of hydrogen-bond acceptors (Lipinski definition) is 3. The summed E-state index contributed by atoms with van der Waals surface area (Å²) in [5, 5.41) is 3.46. The fraction of sp³-hybridized carbons (Fsp3) is 0.400. The Kier molecular flexibility index (Phi) is 5.96. The standard InChI is InChI=1S/C20H25N3O/c24-20-9-8-19(10-13-22-16-18-7-4-12-21-15-18)23(20)14-11-17-5-2-1-3-6-17/h1-7,12,15,19,22H,8-11,13-14,16H2. The number of pyridine rings is 1. The van der Waals surface area contributed by atoms with Crippen molar-refractivity contribution >= 4 is 5.91 Å². The zero-order valence-electron chi connectivity index (χ0n) is 14.0. The quantitative estimate of drug-likeness (QED) is 0.760. The normalized spacial score (nSPS) is 17.4. The highest BCUT2D eigenvalue weighted by molar-refractivity contribution is 5.78. The fourth-order valence-electron chi connectivity index (χ4n) is 3.30. The molecule has 0 saturated carbocycles. The van der Waals surface area contributed by atoms with E-state index in [1.165, 1.54) is 11.1 Å². The van der Waals surface area contributed by atoms with Gasteiger partial charge in [-0.05, 0) is 43.0 Å². The van der Waals surface area contributed by atoms with Gasteiger partial charge >= 0.3 is 0 Å². The molecule has 4 nitrogen and oxygen atoms in total.